The predicted octanol–water partition coefficient (Wildman–Crippen LogP) is 1.83. The standard InChI is InChI=1S/C19H23F4N3O2/c20-12-5-14(8-25-19(28)10-1-2-10)26(9-12)18(27)6-13(24)3-11-4-16(22)17(23)7-15(11)21/h4,7,10,12-14H,1-3,5-6,8-9,24H2,(H,25,28)/t12?,13-,14?/m1/s1. The van der Waals surface area contributed by atoms with Crippen LogP contribution in [0.15, 0.2) is 12.1 Å². The van der Waals surface area contributed by atoms with E-state index in [2.05, 4.69) is 5.32 Å². The summed E-state index contributed by atoms with van der Waals surface area (Å²) in [5, 5.41) is 2.75. The molecule has 2 aliphatic rings. The first-order valence-corrected chi connectivity index (χ1v) is 9.34. The number of hydrogen-bond acceptors (Lipinski definition) is 3. The van der Waals surface area contributed by atoms with E-state index in [0.29, 0.717) is 6.07 Å². The number of likely N-dealkylation sites (tertiary alicyclic amines) is 1. The van der Waals surface area contributed by atoms with Gasteiger partial charge in [0.15, 0.2) is 11.6 Å². The highest BCUT2D eigenvalue weighted by Crippen LogP contribution is 2.29. The lowest BCUT2D eigenvalue weighted by atomic mass is 10.0. The van der Waals surface area contributed by atoms with Gasteiger partial charge in [-0.25, -0.2) is 17.6 Å². The summed E-state index contributed by atoms with van der Waals surface area (Å²) in [4.78, 5) is 25.6. The van der Waals surface area contributed by atoms with Crippen LogP contribution in [0.5, 0.6) is 0 Å². The molecule has 1 saturated carbocycles. The van der Waals surface area contributed by atoms with Gasteiger partial charge in [0.05, 0.1) is 12.6 Å². The van der Waals surface area contributed by atoms with Crippen LogP contribution in [0.25, 0.3) is 0 Å². The maximum absolute atomic E-state index is 13.8. The third-order valence-electron chi connectivity index (χ3n) is 5.15. The molecule has 3 rings (SSSR count). The van der Waals surface area contributed by atoms with E-state index in [9.17, 15) is 27.2 Å². The third kappa shape index (κ3) is 5.01. The number of amides is 2. The van der Waals surface area contributed by atoms with Crippen molar-refractivity contribution in [3.63, 3.8) is 0 Å². The fraction of sp³-hybridized carbons (Fsp3) is 0.579. The van der Waals surface area contributed by atoms with Crippen LogP contribution in [0.4, 0.5) is 17.6 Å². The number of nitrogens with one attached hydrogen (secondary N) is 1. The van der Waals surface area contributed by atoms with E-state index in [-0.39, 0.29) is 49.7 Å². The zero-order valence-electron chi connectivity index (χ0n) is 15.3. The minimum atomic E-state index is -1.30. The van der Waals surface area contributed by atoms with Crippen LogP contribution in [0, 0.1) is 23.4 Å². The zero-order chi connectivity index (χ0) is 20.4. The third-order valence-corrected chi connectivity index (χ3v) is 5.15. The van der Waals surface area contributed by atoms with Gasteiger partial charge in [-0.3, -0.25) is 9.59 Å². The van der Waals surface area contributed by atoms with Gasteiger partial charge in [-0.15, -0.1) is 0 Å². The Morgan fingerprint density at radius 2 is 1.86 bits per heavy atom. The predicted molar refractivity (Wildman–Crippen MR) is 93.4 cm³/mol. The number of alkyl halides is 1. The van der Waals surface area contributed by atoms with Gasteiger partial charge >= 0.3 is 0 Å². The van der Waals surface area contributed by atoms with Crippen molar-refractivity contribution in [3.05, 3.63) is 35.1 Å². The molecule has 154 valence electrons. The highest BCUT2D eigenvalue weighted by atomic mass is 19.2. The van der Waals surface area contributed by atoms with E-state index in [0.717, 1.165) is 18.9 Å². The van der Waals surface area contributed by atoms with Gasteiger partial charge in [0.2, 0.25) is 11.8 Å². The number of hydrogen-bond donors (Lipinski definition) is 2. The maximum atomic E-state index is 13.8. The van der Waals surface area contributed by atoms with Crippen LogP contribution < -0.4 is 11.1 Å². The molecule has 1 heterocycles. The number of rotatable bonds is 7. The molecule has 0 bridgehead atoms. The highest BCUT2D eigenvalue weighted by molar-refractivity contribution is 5.81. The van der Waals surface area contributed by atoms with Crippen molar-refractivity contribution in [3.8, 4) is 0 Å². The minimum absolute atomic E-state index is 0.0196. The monoisotopic (exact) mass is 401 g/mol. The molecule has 1 saturated heterocycles. The Bertz CT molecular complexity index is 757. The number of nitrogens with two attached hydrogens (primary N) is 1. The summed E-state index contributed by atoms with van der Waals surface area (Å²) in [5.41, 5.74) is 5.76. The Labute approximate surface area is 160 Å². The lowest BCUT2D eigenvalue weighted by Gasteiger charge is -2.26. The van der Waals surface area contributed by atoms with Crippen molar-refractivity contribution >= 4 is 11.8 Å². The van der Waals surface area contributed by atoms with Crippen LogP contribution >= 0.6 is 0 Å². The Morgan fingerprint density at radius 1 is 1.18 bits per heavy atom. The van der Waals surface area contributed by atoms with E-state index in [1.807, 2.05) is 0 Å². The van der Waals surface area contributed by atoms with Gasteiger partial charge in [0.25, 0.3) is 0 Å². The molecular formula is C19H23F4N3O2. The van der Waals surface area contributed by atoms with Crippen molar-refractivity contribution in [1.82, 2.24) is 10.2 Å². The van der Waals surface area contributed by atoms with Crippen LogP contribution in [0.2, 0.25) is 0 Å². The van der Waals surface area contributed by atoms with Crippen molar-refractivity contribution < 1.29 is 27.2 Å². The van der Waals surface area contributed by atoms with E-state index in [4.69, 9.17) is 5.73 Å². The van der Waals surface area contributed by atoms with Crippen LogP contribution in [-0.4, -0.2) is 48.1 Å². The van der Waals surface area contributed by atoms with Gasteiger partial charge in [0.1, 0.15) is 12.0 Å². The SMILES string of the molecule is N[C@@H](CC(=O)N1CC(F)CC1CNC(=O)C1CC1)Cc1cc(F)c(F)cc1F. The summed E-state index contributed by atoms with van der Waals surface area (Å²) < 4.78 is 53.9. The molecule has 5 nitrogen and oxygen atoms in total. The number of benzene rings is 1. The topological polar surface area (TPSA) is 75.4 Å². The second kappa shape index (κ2) is 8.46. The fourth-order valence-electron chi connectivity index (χ4n) is 3.48. The highest BCUT2D eigenvalue weighted by Gasteiger charge is 2.37. The second-order valence-corrected chi connectivity index (χ2v) is 7.58. The molecule has 1 aliphatic heterocycles. The van der Waals surface area contributed by atoms with Crippen LogP contribution in [0.3, 0.4) is 0 Å². The maximum Gasteiger partial charge on any atom is 0.224 e. The largest absolute Gasteiger partial charge is 0.354 e. The molecule has 9 heteroatoms. The number of nitrogens with zero attached hydrogens (tertiary/aromatic N) is 1. The summed E-state index contributed by atoms with van der Waals surface area (Å²) in [6, 6.07) is -0.144. The molecule has 3 N–H and O–H groups in total. The normalized spacial score (nSPS) is 23.0. The number of halogens is 4. The Morgan fingerprint density at radius 3 is 2.54 bits per heavy atom. The summed E-state index contributed by atoms with van der Waals surface area (Å²) in [6.45, 7) is 0.0869. The second-order valence-electron chi connectivity index (χ2n) is 7.58. The first kappa shape index (κ1) is 20.6. The molecule has 2 unspecified atom stereocenters. The van der Waals surface area contributed by atoms with Crippen molar-refractivity contribution in [2.24, 2.45) is 11.7 Å². The summed E-state index contributed by atoms with van der Waals surface area (Å²) in [7, 11) is 0. The fourth-order valence-corrected chi connectivity index (χ4v) is 3.48. The van der Waals surface area contributed by atoms with Crippen molar-refractivity contribution in [2.75, 3.05) is 13.1 Å². The Hall–Kier alpha value is -2.16. The molecule has 2 fully saturated rings. The van der Waals surface area contributed by atoms with Gasteiger partial charge in [-0.1, -0.05) is 0 Å². The first-order chi connectivity index (χ1) is 13.2. The zero-order valence-corrected chi connectivity index (χ0v) is 15.3. The van der Waals surface area contributed by atoms with Crippen molar-refractivity contribution in [1.29, 1.82) is 0 Å². The molecule has 2 amide bonds. The molecule has 0 spiro atoms. The average molecular weight is 401 g/mol. The molecular weight excluding hydrogens is 378 g/mol. The lowest BCUT2D eigenvalue weighted by molar-refractivity contribution is -0.133. The molecule has 28 heavy (non-hydrogen) atoms. The smallest absolute Gasteiger partial charge is 0.224 e. The number of carbonyl (C=O) groups is 2. The van der Waals surface area contributed by atoms with E-state index >= 15 is 0 Å². The quantitative estimate of drug-likeness (QED) is 0.541. The van der Waals surface area contributed by atoms with E-state index in [1.165, 1.54) is 4.90 Å². The molecule has 0 aromatic heterocycles. The summed E-state index contributed by atoms with van der Waals surface area (Å²) in [5.74, 6) is -3.91. The number of carbonyl (C=O) groups excluding carboxylic acids is 2. The molecule has 3 atom stereocenters. The van der Waals surface area contributed by atoms with Gasteiger partial charge in [-0.05, 0) is 30.9 Å². The lowest BCUT2D eigenvalue weighted by Crippen LogP contribution is -2.45. The Balaban J connectivity index is 1.55. The van der Waals surface area contributed by atoms with Crippen LogP contribution in [-0.2, 0) is 16.0 Å². The van der Waals surface area contributed by atoms with Gasteiger partial charge in [0, 0.05) is 37.4 Å². The summed E-state index contributed by atoms with van der Waals surface area (Å²) >= 11 is 0. The van der Waals surface area contributed by atoms with E-state index in [1.54, 1.807) is 0 Å². The van der Waals surface area contributed by atoms with Gasteiger partial charge in [-0.2, -0.15) is 0 Å². The average Bonchev–Trinajstić information content (AvgIpc) is 3.40. The molecule has 1 aromatic carbocycles. The minimum Gasteiger partial charge on any atom is -0.354 e. The van der Waals surface area contributed by atoms with Gasteiger partial charge < -0.3 is 16.0 Å². The molecule has 1 aromatic rings. The van der Waals surface area contributed by atoms with E-state index < -0.39 is 41.6 Å². The summed E-state index contributed by atoms with van der Waals surface area (Å²) in [6.07, 6.45) is 0.277. The molecule has 0 radical (unpaired) electrons. The van der Waals surface area contributed by atoms with Crippen LogP contribution in [0.1, 0.15) is 31.2 Å². The van der Waals surface area contributed by atoms with Crippen molar-refractivity contribution in [2.45, 2.75) is 50.4 Å². The molecule has 1 aliphatic carbocycles. The first-order valence-electron chi connectivity index (χ1n) is 9.34. The Kier molecular flexibility index (Phi) is 6.22.